The number of carbonyl (C=O) groups excluding carboxylic acids is 2. The Morgan fingerprint density at radius 3 is 2.85 bits per heavy atom. The Labute approximate surface area is 156 Å². The van der Waals surface area contributed by atoms with E-state index in [0.29, 0.717) is 18.8 Å². The second-order valence-electron chi connectivity index (χ2n) is 6.02. The third-order valence-corrected chi connectivity index (χ3v) is 6.23. The van der Waals surface area contributed by atoms with Crippen molar-refractivity contribution in [2.75, 3.05) is 13.7 Å². The van der Waals surface area contributed by atoms with E-state index < -0.39 is 32.1 Å². The molecule has 0 unspecified atom stereocenters. The van der Waals surface area contributed by atoms with Crippen LogP contribution in [0.15, 0.2) is 35.6 Å². The van der Waals surface area contributed by atoms with Crippen LogP contribution in [0.3, 0.4) is 0 Å². The highest BCUT2D eigenvalue weighted by Crippen LogP contribution is 2.31. The van der Waals surface area contributed by atoms with Gasteiger partial charge in [-0.1, -0.05) is 18.2 Å². The summed E-state index contributed by atoms with van der Waals surface area (Å²) >= 11 is 0. The average molecular weight is 393 g/mol. The van der Waals surface area contributed by atoms with Crippen molar-refractivity contribution in [1.82, 2.24) is 15.3 Å². The Bertz CT molecular complexity index is 969. The summed E-state index contributed by atoms with van der Waals surface area (Å²) in [6.45, 7) is 1.69. The Hall–Kier alpha value is -2.88. The van der Waals surface area contributed by atoms with E-state index in [1.165, 1.54) is 14.0 Å². The number of esters is 1. The summed E-state index contributed by atoms with van der Waals surface area (Å²) in [6.07, 6.45) is 1.58. The largest absolute Gasteiger partial charge is 0.493 e. The molecular formula is C17H19N3O6S. The van der Waals surface area contributed by atoms with E-state index in [1.54, 1.807) is 6.07 Å². The smallest absolute Gasteiger partial charge is 0.356 e. The van der Waals surface area contributed by atoms with Gasteiger partial charge in [-0.2, -0.15) is 0 Å². The molecule has 9 nitrogen and oxygen atoms in total. The summed E-state index contributed by atoms with van der Waals surface area (Å²) in [7, 11) is -2.94. The van der Waals surface area contributed by atoms with Crippen LogP contribution in [-0.2, 0) is 19.4 Å². The Balaban J connectivity index is 1.77. The quantitative estimate of drug-likeness (QED) is 0.725. The van der Waals surface area contributed by atoms with Crippen molar-refractivity contribution < 1.29 is 27.5 Å². The molecule has 0 fully saturated rings. The number of para-hydroxylation sites is 1. The van der Waals surface area contributed by atoms with Crippen molar-refractivity contribution in [3.05, 3.63) is 41.7 Å². The lowest BCUT2D eigenvalue weighted by molar-refractivity contribution is -0.121. The number of amides is 1. The van der Waals surface area contributed by atoms with E-state index in [4.69, 9.17) is 4.74 Å². The van der Waals surface area contributed by atoms with Crippen molar-refractivity contribution in [1.29, 1.82) is 0 Å². The summed E-state index contributed by atoms with van der Waals surface area (Å²) in [4.78, 5) is 30.1. The van der Waals surface area contributed by atoms with Gasteiger partial charge in [-0.05, 0) is 13.0 Å². The number of methoxy groups -OCH3 is 1. The minimum Gasteiger partial charge on any atom is -0.493 e. The zero-order valence-corrected chi connectivity index (χ0v) is 15.6. The number of fused-ring (bicyclic) bond motifs is 1. The molecule has 1 aliphatic rings. The molecule has 1 aromatic heterocycles. The molecule has 2 N–H and O–H groups in total. The van der Waals surface area contributed by atoms with Crippen LogP contribution in [-0.4, -0.2) is 49.2 Å². The van der Waals surface area contributed by atoms with Gasteiger partial charge in [0.15, 0.2) is 0 Å². The van der Waals surface area contributed by atoms with E-state index in [2.05, 4.69) is 20.0 Å². The maximum atomic E-state index is 12.7. The van der Waals surface area contributed by atoms with Crippen molar-refractivity contribution in [3.63, 3.8) is 0 Å². The van der Waals surface area contributed by atoms with Crippen molar-refractivity contribution in [2.24, 2.45) is 0 Å². The number of benzene rings is 1. The van der Waals surface area contributed by atoms with Gasteiger partial charge in [0.05, 0.1) is 26.0 Å². The lowest BCUT2D eigenvalue weighted by atomic mass is 10.0. The van der Waals surface area contributed by atoms with Gasteiger partial charge in [0.1, 0.15) is 16.7 Å². The molecule has 0 saturated heterocycles. The number of sulfone groups is 1. The van der Waals surface area contributed by atoms with Crippen LogP contribution in [0.1, 0.15) is 35.4 Å². The first-order valence-electron chi connectivity index (χ1n) is 8.24. The molecule has 0 bridgehead atoms. The van der Waals surface area contributed by atoms with Gasteiger partial charge < -0.3 is 19.8 Å². The van der Waals surface area contributed by atoms with Crippen molar-refractivity contribution >= 4 is 21.7 Å². The number of ether oxygens (including phenoxy) is 2. The van der Waals surface area contributed by atoms with Gasteiger partial charge in [0.25, 0.3) is 0 Å². The van der Waals surface area contributed by atoms with Gasteiger partial charge in [-0.3, -0.25) is 4.79 Å². The summed E-state index contributed by atoms with van der Waals surface area (Å²) in [5.74, 6) is -0.745. The number of rotatable bonds is 5. The third-order valence-electron chi connectivity index (χ3n) is 4.34. The number of aromatic nitrogens is 2. The Morgan fingerprint density at radius 1 is 1.37 bits per heavy atom. The third kappa shape index (κ3) is 3.65. The zero-order valence-electron chi connectivity index (χ0n) is 14.8. The Kier molecular flexibility index (Phi) is 5.17. The second-order valence-corrected chi connectivity index (χ2v) is 8.20. The first-order valence-corrected chi connectivity index (χ1v) is 9.78. The fraction of sp³-hybridized carbons (Fsp3) is 0.353. The monoisotopic (exact) mass is 393 g/mol. The maximum absolute atomic E-state index is 12.7. The zero-order chi connectivity index (χ0) is 19.6. The highest BCUT2D eigenvalue weighted by molar-refractivity contribution is 7.92. The lowest BCUT2D eigenvalue weighted by Gasteiger charge is -2.27. The molecule has 1 aliphatic heterocycles. The standard InChI is InChI=1S/C17H19N3O6S/c1-10(27(23,24)17-18-9-13(20-17)16(22)25-2)15(21)19-12-7-8-26-14-6-4-3-5-11(12)14/h3-6,9-10,12H,7-8H2,1-2H3,(H,18,20)(H,19,21)/t10-,12+/m0/s1. The highest BCUT2D eigenvalue weighted by atomic mass is 32.2. The minimum absolute atomic E-state index is 0.109. The molecule has 10 heteroatoms. The number of carbonyl (C=O) groups is 2. The van der Waals surface area contributed by atoms with E-state index in [9.17, 15) is 18.0 Å². The summed E-state index contributed by atoms with van der Waals surface area (Å²) < 4.78 is 35.4. The number of hydrogen-bond donors (Lipinski definition) is 2. The predicted octanol–water partition coefficient (Wildman–Crippen LogP) is 0.998. The fourth-order valence-electron chi connectivity index (χ4n) is 2.75. The molecule has 0 spiro atoms. The SMILES string of the molecule is COC(=O)c1cnc(S(=O)(=O)[C@@H](C)C(=O)N[C@@H]2CCOc3ccccc32)[nH]1. The first-order chi connectivity index (χ1) is 12.8. The second kappa shape index (κ2) is 7.39. The molecule has 0 aliphatic carbocycles. The van der Waals surface area contributed by atoms with Gasteiger partial charge in [0, 0.05) is 12.0 Å². The number of nitrogens with zero attached hydrogens (tertiary/aromatic N) is 1. The van der Waals surface area contributed by atoms with Gasteiger partial charge in [0.2, 0.25) is 20.9 Å². The van der Waals surface area contributed by atoms with E-state index in [-0.39, 0.29) is 11.7 Å². The average Bonchev–Trinajstić information content (AvgIpc) is 3.18. The van der Waals surface area contributed by atoms with Crippen molar-refractivity contribution in [2.45, 2.75) is 29.8 Å². The van der Waals surface area contributed by atoms with Gasteiger partial charge in [-0.25, -0.2) is 18.2 Å². The number of hydrogen-bond acceptors (Lipinski definition) is 7. The molecular weight excluding hydrogens is 374 g/mol. The molecule has 1 amide bonds. The lowest BCUT2D eigenvalue weighted by Crippen LogP contribution is -2.41. The van der Waals surface area contributed by atoms with Crippen LogP contribution in [0, 0.1) is 0 Å². The van der Waals surface area contributed by atoms with E-state index in [1.807, 2.05) is 18.2 Å². The molecule has 1 aromatic carbocycles. The summed E-state index contributed by atoms with van der Waals surface area (Å²) in [5.41, 5.74) is 0.690. The first kappa shape index (κ1) is 18.9. The number of imidazole rings is 1. The van der Waals surface area contributed by atoms with Crippen LogP contribution in [0.5, 0.6) is 5.75 Å². The van der Waals surface area contributed by atoms with Crippen molar-refractivity contribution in [3.8, 4) is 5.75 Å². The maximum Gasteiger partial charge on any atom is 0.356 e. The Morgan fingerprint density at radius 2 is 2.11 bits per heavy atom. The van der Waals surface area contributed by atoms with E-state index in [0.717, 1.165) is 11.8 Å². The normalized spacial score (nSPS) is 17.3. The molecule has 0 radical (unpaired) electrons. The summed E-state index contributed by atoms with van der Waals surface area (Å²) in [5, 5.41) is 0.901. The predicted molar refractivity (Wildman–Crippen MR) is 94.0 cm³/mol. The van der Waals surface area contributed by atoms with Crippen LogP contribution in [0.25, 0.3) is 0 Å². The topological polar surface area (TPSA) is 127 Å². The van der Waals surface area contributed by atoms with Gasteiger partial charge >= 0.3 is 5.97 Å². The number of nitrogens with one attached hydrogen (secondary N) is 2. The molecule has 144 valence electrons. The minimum atomic E-state index is -4.10. The number of aromatic amines is 1. The molecule has 0 saturated carbocycles. The highest BCUT2D eigenvalue weighted by Gasteiger charge is 2.35. The van der Waals surface area contributed by atoms with Crippen LogP contribution in [0.4, 0.5) is 0 Å². The fourth-order valence-corrected chi connectivity index (χ4v) is 3.89. The van der Waals surface area contributed by atoms with Crippen LogP contribution >= 0.6 is 0 Å². The molecule has 2 heterocycles. The number of H-pyrrole nitrogens is 1. The molecule has 3 rings (SSSR count). The van der Waals surface area contributed by atoms with Gasteiger partial charge in [-0.15, -0.1) is 0 Å². The summed E-state index contributed by atoms with van der Waals surface area (Å²) in [6, 6.07) is 6.93. The van der Waals surface area contributed by atoms with Crippen LogP contribution in [0.2, 0.25) is 0 Å². The molecule has 2 atom stereocenters. The molecule has 2 aromatic rings. The van der Waals surface area contributed by atoms with E-state index >= 15 is 0 Å². The van der Waals surface area contributed by atoms with Crippen LogP contribution < -0.4 is 10.1 Å². The molecule has 27 heavy (non-hydrogen) atoms.